The topological polar surface area (TPSA) is 125 Å². The highest BCUT2D eigenvalue weighted by Gasteiger charge is 2.34. The molecule has 0 heterocycles. The summed E-state index contributed by atoms with van der Waals surface area (Å²) in [7, 11) is 0. The number of amides is 2. The number of hydrogen-bond donors (Lipinski definition) is 4. The number of rotatable bonds is 9. The van der Waals surface area contributed by atoms with Crippen molar-refractivity contribution in [1.82, 2.24) is 10.6 Å². The van der Waals surface area contributed by atoms with Crippen molar-refractivity contribution in [2.45, 2.75) is 43.7 Å². The maximum Gasteiger partial charge on any atom is 0.407 e. The van der Waals surface area contributed by atoms with Gasteiger partial charge in [-0.2, -0.15) is 0 Å². The average Bonchev–Trinajstić information content (AvgIpc) is 3.08. The highest BCUT2D eigenvalue weighted by Crippen LogP contribution is 2.44. The number of hydrogen-bond acceptors (Lipinski definition) is 5. The van der Waals surface area contributed by atoms with Crippen LogP contribution in [0.4, 0.5) is 4.79 Å². The van der Waals surface area contributed by atoms with E-state index in [1.165, 1.54) is 0 Å². The summed E-state index contributed by atoms with van der Waals surface area (Å²) in [4.78, 5) is 35.7. The lowest BCUT2D eigenvalue weighted by atomic mass is 9.79. The lowest BCUT2D eigenvalue weighted by Crippen LogP contribution is -2.49. The second-order valence-corrected chi connectivity index (χ2v) is 8.64. The van der Waals surface area contributed by atoms with Crippen LogP contribution in [0, 0.1) is 5.92 Å². The third-order valence-electron chi connectivity index (χ3n) is 6.45. The van der Waals surface area contributed by atoms with Gasteiger partial charge in [0.15, 0.2) is 0 Å². The fraction of sp³-hybridized carbons (Fsp3) is 0.400. The molecule has 2 aromatic rings. The Hall–Kier alpha value is -3.39. The van der Waals surface area contributed by atoms with Gasteiger partial charge >= 0.3 is 12.1 Å². The molecule has 8 nitrogen and oxygen atoms in total. The van der Waals surface area contributed by atoms with Crippen LogP contribution in [0.3, 0.4) is 0 Å². The Balaban J connectivity index is 1.24. The number of carbonyl (C=O) groups excluding carboxylic acids is 2. The molecule has 174 valence electrons. The third kappa shape index (κ3) is 5.17. The lowest BCUT2D eigenvalue weighted by Gasteiger charge is -2.31. The van der Waals surface area contributed by atoms with Crippen LogP contribution in [0.2, 0.25) is 0 Å². The number of carboxylic acid groups (broad SMARTS) is 1. The van der Waals surface area contributed by atoms with E-state index in [0.717, 1.165) is 41.5 Å². The highest BCUT2D eigenvalue weighted by molar-refractivity contribution is 5.84. The summed E-state index contributed by atoms with van der Waals surface area (Å²) in [6, 6.07) is 15.1. The minimum Gasteiger partial charge on any atom is -0.480 e. The van der Waals surface area contributed by atoms with Crippen molar-refractivity contribution in [3.05, 3.63) is 59.7 Å². The fourth-order valence-electron chi connectivity index (χ4n) is 4.52. The minimum atomic E-state index is -1.15. The molecule has 0 aromatic heterocycles. The number of carbonyl (C=O) groups is 3. The number of ether oxygens (including phenoxy) is 1. The molecule has 0 aliphatic heterocycles. The fourth-order valence-corrected chi connectivity index (χ4v) is 4.52. The molecule has 1 saturated carbocycles. The summed E-state index contributed by atoms with van der Waals surface area (Å²) in [6.07, 6.45) is 0.346. The Labute approximate surface area is 192 Å². The standard InChI is InChI=1S/C25H28N2O6/c28-16(12-22(29)27-23(24(30)31)15-6-5-7-15)13-26-25(32)33-14-21-19-10-3-1-8-17(19)18-9-2-4-11-20(18)21/h1-4,8-11,15-16,21,23,28H,5-7,12-14H2,(H,26,32)(H,27,29)(H,30,31). The SMILES string of the molecule is O=C(CC(O)CNC(=O)OCC1c2ccccc2-c2ccccc21)NC(C(=O)O)C1CCC1. The summed E-state index contributed by atoms with van der Waals surface area (Å²) >= 11 is 0. The summed E-state index contributed by atoms with van der Waals surface area (Å²) in [5, 5.41) is 24.3. The second-order valence-electron chi connectivity index (χ2n) is 8.64. The summed E-state index contributed by atoms with van der Waals surface area (Å²) in [6.45, 7) is -0.0244. The van der Waals surface area contributed by atoms with Gasteiger partial charge in [-0.05, 0) is 41.0 Å². The zero-order chi connectivity index (χ0) is 23.4. The van der Waals surface area contributed by atoms with Crippen molar-refractivity contribution in [2.24, 2.45) is 5.92 Å². The van der Waals surface area contributed by atoms with Crippen LogP contribution in [0.5, 0.6) is 0 Å². The number of aliphatic hydroxyl groups is 1. The molecule has 4 N–H and O–H groups in total. The zero-order valence-corrected chi connectivity index (χ0v) is 18.2. The van der Waals surface area contributed by atoms with Gasteiger partial charge in [-0.15, -0.1) is 0 Å². The Bertz CT molecular complexity index is 990. The van der Waals surface area contributed by atoms with E-state index in [0.29, 0.717) is 0 Å². The first kappa shape index (κ1) is 22.8. The Morgan fingerprint density at radius 2 is 1.61 bits per heavy atom. The van der Waals surface area contributed by atoms with Crippen LogP contribution in [0.15, 0.2) is 48.5 Å². The van der Waals surface area contributed by atoms with Gasteiger partial charge < -0.3 is 25.6 Å². The zero-order valence-electron chi connectivity index (χ0n) is 18.2. The van der Waals surface area contributed by atoms with Gasteiger partial charge in [-0.25, -0.2) is 9.59 Å². The lowest BCUT2D eigenvalue weighted by molar-refractivity contribution is -0.144. The van der Waals surface area contributed by atoms with Gasteiger partial charge in [0.05, 0.1) is 12.5 Å². The van der Waals surface area contributed by atoms with Gasteiger partial charge in [0, 0.05) is 12.5 Å². The van der Waals surface area contributed by atoms with Crippen LogP contribution in [-0.2, 0) is 14.3 Å². The number of alkyl carbamates (subject to hydrolysis) is 1. The molecule has 1 fully saturated rings. The van der Waals surface area contributed by atoms with Crippen LogP contribution < -0.4 is 10.6 Å². The molecule has 2 aliphatic carbocycles. The third-order valence-corrected chi connectivity index (χ3v) is 6.45. The number of aliphatic hydroxyl groups excluding tert-OH is 1. The van der Waals surface area contributed by atoms with Gasteiger partial charge in [0.1, 0.15) is 12.6 Å². The second kappa shape index (κ2) is 10.0. The number of carboxylic acids is 1. The molecule has 0 spiro atoms. The average molecular weight is 453 g/mol. The van der Waals surface area contributed by atoms with Crippen molar-refractivity contribution in [3.63, 3.8) is 0 Å². The van der Waals surface area contributed by atoms with Gasteiger partial charge in [-0.3, -0.25) is 4.79 Å². The molecule has 0 radical (unpaired) electrons. The molecule has 0 bridgehead atoms. The Kier molecular flexibility index (Phi) is 6.93. The molecule has 4 rings (SSSR count). The molecule has 2 amide bonds. The van der Waals surface area contributed by atoms with E-state index in [4.69, 9.17) is 4.74 Å². The van der Waals surface area contributed by atoms with E-state index in [1.54, 1.807) is 0 Å². The predicted molar refractivity (Wildman–Crippen MR) is 121 cm³/mol. The summed E-state index contributed by atoms with van der Waals surface area (Å²) in [5.41, 5.74) is 4.46. The summed E-state index contributed by atoms with van der Waals surface area (Å²) in [5.74, 6) is -1.77. The van der Waals surface area contributed by atoms with Crippen molar-refractivity contribution in [1.29, 1.82) is 0 Å². The van der Waals surface area contributed by atoms with Crippen LogP contribution in [0.25, 0.3) is 11.1 Å². The molecule has 2 aliphatic rings. The molecule has 2 unspecified atom stereocenters. The van der Waals surface area contributed by atoms with Crippen molar-refractivity contribution >= 4 is 18.0 Å². The molecule has 8 heteroatoms. The van der Waals surface area contributed by atoms with E-state index in [2.05, 4.69) is 22.8 Å². The number of fused-ring (bicyclic) bond motifs is 3. The van der Waals surface area contributed by atoms with Gasteiger partial charge in [0.25, 0.3) is 0 Å². The highest BCUT2D eigenvalue weighted by atomic mass is 16.5. The van der Waals surface area contributed by atoms with Crippen molar-refractivity contribution < 1.29 is 29.3 Å². The molecule has 33 heavy (non-hydrogen) atoms. The van der Waals surface area contributed by atoms with Gasteiger partial charge in [0.2, 0.25) is 5.91 Å². The first-order valence-electron chi connectivity index (χ1n) is 11.2. The van der Waals surface area contributed by atoms with E-state index in [1.807, 2.05) is 36.4 Å². The monoisotopic (exact) mass is 452 g/mol. The van der Waals surface area contributed by atoms with Crippen LogP contribution in [0.1, 0.15) is 42.7 Å². The predicted octanol–water partition coefficient (Wildman–Crippen LogP) is 2.65. The maximum atomic E-state index is 12.2. The van der Waals surface area contributed by atoms with Crippen LogP contribution >= 0.6 is 0 Å². The number of benzene rings is 2. The Morgan fingerprint density at radius 3 is 2.15 bits per heavy atom. The summed E-state index contributed by atoms with van der Waals surface area (Å²) < 4.78 is 5.41. The minimum absolute atomic E-state index is 0.0671. The number of aliphatic carboxylic acids is 1. The van der Waals surface area contributed by atoms with E-state index >= 15 is 0 Å². The molecule has 0 saturated heterocycles. The molecular formula is C25H28N2O6. The largest absolute Gasteiger partial charge is 0.480 e. The maximum absolute atomic E-state index is 12.2. The van der Waals surface area contributed by atoms with Crippen molar-refractivity contribution in [3.8, 4) is 11.1 Å². The van der Waals surface area contributed by atoms with Crippen LogP contribution in [-0.4, -0.2) is 53.5 Å². The van der Waals surface area contributed by atoms with E-state index in [-0.39, 0.29) is 31.4 Å². The quantitative estimate of drug-likeness (QED) is 0.464. The normalized spacial score (nSPS) is 16.6. The van der Waals surface area contributed by atoms with Gasteiger partial charge in [-0.1, -0.05) is 55.0 Å². The smallest absolute Gasteiger partial charge is 0.407 e. The molecule has 2 atom stereocenters. The number of nitrogens with one attached hydrogen (secondary N) is 2. The van der Waals surface area contributed by atoms with E-state index in [9.17, 15) is 24.6 Å². The van der Waals surface area contributed by atoms with Crippen molar-refractivity contribution in [2.75, 3.05) is 13.2 Å². The molecule has 2 aromatic carbocycles. The molecular weight excluding hydrogens is 424 g/mol. The Morgan fingerprint density at radius 1 is 1.00 bits per heavy atom. The van der Waals surface area contributed by atoms with E-state index < -0.39 is 30.1 Å². The first-order valence-corrected chi connectivity index (χ1v) is 11.2. The first-order chi connectivity index (χ1) is 15.9.